The maximum atomic E-state index is 12.5. The zero-order chi connectivity index (χ0) is 30.9. The summed E-state index contributed by atoms with van der Waals surface area (Å²) in [5.41, 5.74) is 9.23. The normalized spacial score (nSPS) is 23.3. The van der Waals surface area contributed by atoms with E-state index in [4.69, 9.17) is 19.9 Å². The lowest BCUT2D eigenvalue weighted by Gasteiger charge is -2.30. The average molecular weight is 595 g/mol. The maximum Gasteiger partial charge on any atom is 0.319 e. The number of benzene rings is 1. The number of hydrogen-bond donors (Lipinski definition) is 3. The molecule has 234 valence electrons. The third-order valence-electron chi connectivity index (χ3n) is 7.79. The first kappa shape index (κ1) is 31.1. The van der Waals surface area contributed by atoms with E-state index in [2.05, 4.69) is 77.2 Å². The Hall–Kier alpha value is -3.32. The standard InChI is InChI=1S/C31H46N8O4/c1-19(2)15-38(14-8-13-33-29(40)37-21-11-9-20(10-12-21)30(3,4)5)16-22-24-25(43-31(6,7)42-24)28(41-22)39-18-36-23-26(32)34-17-35-27(23)39/h9-12,17-19,22,24-25,28H,8,13-16H2,1-7H3,(H2,32,34,35)(H2,33,37,40)/t22-,24-,25-,28-/m1/s1. The Morgan fingerprint density at radius 1 is 1.12 bits per heavy atom. The first-order valence-corrected chi connectivity index (χ1v) is 15.1. The number of nitrogens with one attached hydrogen (secondary N) is 2. The molecule has 0 radical (unpaired) electrons. The van der Waals surface area contributed by atoms with Crippen LogP contribution in [0.3, 0.4) is 0 Å². The largest absolute Gasteiger partial charge is 0.382 e. The van der Waals surface area contributed by atoms with E-state index in [-0.39, 0.29) is 29.8 Å². The van der Waals surface area contributed by atoms with Gasteiger partial charge in [-0.1, -0.05) is 46.8 Å². The van der Waals surface area contributed by atoms with Gasteiger partial charge >= 0.3 is 6.03 Å². The molecule has 5 rings (SSSR count). The second-order valence-electron chi connectivity index (χ2n) is 13.4. The van der Waals surface area contributed by atoms with Gasteiger partial charge in [-0.15, -0.1) is 0 Å². The Morgan fingerprint density at radius 3 is 2.53 bits per heavy atom. The molecule has 2 aromatic heterocycles. The van der Waals surface area contributed by atoms with Crippen LogP contribution in [0.4, 0.5) is 16.3 Å². The van der Waals surface area contributed by atoms with Crippen molar-refractivity contribution < 1.29 is 19.0 Å². The monoisotopic (exact) mass is 594 g/mol. The summed E-state index contributed by atoms with van der Waals surface area (Å²) >= 11 is 0. The number of ether oxygens (including phenoxy) is 3. The fourth-order valence-corrected chi connectivity index (χ4v) is 5.85. The van der Waals surface area contributed by atoms with Gasteiger partial charge in [0, 0.05) is 25.3 Å². The first-order valence-electron chi connectivity index (χ1n) is 15.1. The number of amides is 2. The number of aromatic nitrogens is 4. The molecule has 4 atom stereocenters. The molecule has 2 fully saturated rings. The Bertz CT molecular complexity index is 1400. The summed E-state index contributed by atoms with van der Waals surface area (Å²) in [5, 5.41) is 5.92. The molecular formula is C31H46N8O4. The second kappa shape index (κ2) is 12.4. The number of hydrogen-bond acceptors (Lipinski definition) is 9. The van der Waals surface area contributed by atoms with E-state index in [9.17, 15) is 4.79 Å². The van der Waals surface area contributed by atoms with Gasteiger partial charge in [0.05, 0.1) is 6.33 Å². The minimum Gasteiger partial charge on any atom is -0.382 e. The van der Waals surface area contributed by atoms with Crippen molar-refractivity contribution >= 4 is 28.7 Å². The van der Waals surface area contributed by atoms with Gasteiger partial charge < -0.3 is 35.5 Å². The molecule has 12 nitrogen and oxygen atoms in total. The van der Waals surface area contributed by atoms with Crippen LogP contribution in [0.15, 0.2) is 36.9 Å². The smallest absolute Gasteiger partial charge is 0.319 e. The highest BCUT2D eigenvalue weighted by atomic mass is 16.8. The molecule has 2 aliphatic rings. The minimum absolute atomic E-state index is 0.0679. The number of urea groups is 1. The molecule has 2 aliphatic heterocycles. The molecular weight excluding hydrogens is 548 g/mol. The molecule has 3 aromatic rings. The Kier molecular flexibility index (Phi) is 8.94. The maximum absolute atomic E-state index is 12.5. The van der Waals surface area contributed by atoms with Crippen LogP contribution in [-0.2, 0) is 19.6 Å². The lowest BCUT2D eigenvalue weighted by Crippen LogP contribution is -2.42. The summed E-state index contributed by atoms with van der Waals surface area (Å²) in [5.74, 6) is 0.0325. The van der Waals surface area contributed by atoms with Gasteiger partial charge in [0.1, 0.15) is 30.2 Å². The van der Waals surface area contributed by atoms with E-state index in [1.807, 2.05) is 30.5 Å². The number of nitrogen functional groups attached to an aromatic ring is 1. The van der Waals surface area contributed by atoms with E-state index in [0.29, 0.717) is 36.0 Å². The zero-order valence-corrected chi connectivity index (χ0v) is 26.3. The van der Waals surface area contributed by atoms with Crippen LogP contribution in [-0.4, -0.2) is 80.7 Å². The predicted molar refractivity (Wildman–Crippen MR) is 166 cm³/mol. The van der Waals surface area contributed by atoms with Gasteiger partial charge in [0.25, 0.3) is 0 Å². The highest BCUT2D eigenvalue weighted by Crippen LogP contribution is 2.44. The third-order valence-corrected chi connectivity index (χ3v) is 7.79. The molecule has 43 heavy (non-hydrogen) atoms. The lowest BCUT2D eigenvalue weighted by atomic mass is 9.87. The highest BCUT2D eigenvalue weighted by molar-refractivity contribution is 5.89. The Balaban J connectivity index is 1.19. The van der Waals surface area contributed by atoms with Gasteiger partial charge in [0.2, 0.25) is 0 Å². The van der Waals surface area contributed by atoms with Gasteiger partial charge in [-0.2, -0.15) is 0 Å². The fourth-order valence-electron chi connectivity index (χ4n) is 5.85. The van der Waals surface area contributed by atoms with Crippen molar-refractivity contribution in [2.75, 3.05) is 37.2 Å². The molecule has 0 saturated carbocycles. The van der Waals surface area contributed by atoms with Gasteiger partial charge in [-0.25, -0.2) is 19.7 Å². The van der Waals surface area contributed by atoms with Crippen molar-refractivity contribution in [1.29, 1.82) is 0 Å². The van der Waals surface area contributed by atoms with Crippen LogP contribution in [0.1, 0.15) is 66.7 Å². The van der Waals surface area contributed by atoms with Crippen LogP contribution >= 0.6 is 0 Å². The molecule has 0 bridgehead atoms. The van der Waals surface area contributed by atoms with Gasteiger partial charge in [-0.05, 0) is 55.8 Å². The van der Waals surface area contributed by atoms with E-state index < -0.39 is 12.0 Å². The molecule has 12 heteroatoms. The fraction of sp³-hybridized carbons (Fsp3) is 0.613. The van der Waals surface area contributed by atoms with E-state index in [0.717, 1.165) is 25.2 Å². The SMILES string of the molecule is CC(C)CN(CCCNC(=O)Nc1ccc(C(C)(C)C)cc1)C[C@H]1O[C@@H](n2cnc3c(N)ncnc32)[C@@H]2OC(C)(C)O[C@@H]21. The number of fused-ring (bicyclic) bond motifs is 2. The lowest BCUT2D eigenvalue weighted by molar-refractivity contribution is -0.198. The quantitative estimate of drug-likeness (QED) is 0.293. The molecule has 4 N–H and O–H groups in total. The third kappa shape index (κ3) is 7.26. The van der Waals surface area contributed by atoms with E-state index in [1.165, 1.54) is 11.9 Å². The van der Waals surface area contributed by atoms with E-state index in [1.54, 1.807) is 6.33 Å². The number of anilines is 2. The van der Waals surface area contributed by atoms with Gasteiger partial charge in [0.15, 0.2) is 23.5 Å². The predicted octanol–water partition coefficient (Wildman–Crippen LogP) is 4.29. The molecule has 0 unspecified atom stereocenters. The van der Waals surface area contributed by atoms with Crippen LogP contribution in [0.25, 0.3) is 11.2 Å². The van der Waals surface area contributed by atoms with Crippen LogP contribution in [0.2, 0.25) is 0 Å². The zero-order valence-electron chi connectivity index (χ0n) is 26.3. The summed E-state index contributed by atoms with van der Waals surface area (Å²) in [7, 11) is 0. The molecule has 0 aliphatic carbocycles. The second-order valence-corrected chi connectivity index (χ2v) is 13.4. The van der Waals surface area contributed by atoms with Crippen molar-refractivity contribution in [3.8, 4) is 0 Å². The topological polar surface area (TPSA) is 142 Å². The molecule has 1 aromatic carbocycles. The number of imidazole rings is 1. The van der Waals surface area contributed by atoms with Gasteiger partial charge in [-0.3, -0.25) is 4.57 Å². The Labute approximate surface area is 253 Å². The summed E-state index contributed by atoms with van der Waals surface area (Å²) in [6, 6.07) is 7.78. The number of carbonyl (C=O) groups excluding carboxylic acids is 1. The minimum atomic E-state index is -0.743. The van der Waals surface area contributed by atoms with Crippen LogP contribution < -0.4 is 16.4 Å². The summed E-state index contributed by atoms with van der Waals surface area (Å²) in [6.45, 7) is 17.6. The Morgan fingerprint density at radius 2 is 1.84 bits per heavy atom. The molecule has 2 amide bonds. The van der Waals surface area contributed by atoms with Crippen molar-refractivity contribution in [2.24, 2.45) is 5.92 Å². The number of nitrogens with zero attached hydrogens (tertiary/aromatic N) is 5. The van der Waals surface area contributed by atoms with Crippen molar-refractivity contribution in [3.05, 3.63) is 42.5 Å². The number of carbonyl (C=O) groups is 1. The number of nitrogens with two attached hydrogens (primary N) is 1. The van der Waals surface area contributed by atoms with Crippen LogP contribution in [0.5, 0.6) is 0 Å². The van der Waals surface area contributed by atoms with E-state index >= 15 is 0 Å². The average Bonchev–Trinajstić information content (AvgIpc) is 3.58. The number of rotatable bonds is 10. The molecule has 0 spiro atoms. The highest BCUT2D eigenvalue weighted by Gasteiger charge is 2.56. The summed E-state index contributed by atoms with van der Waals surface area (Å²) in [6.07, 6.45) is 2.59. The van der Waals surface area contributed by atoms with Crippen LogP contribution in [0, 0.1) is 5.92 Å². The summed E-state index contributed by atoms with van der Waals surface area (Å²) < 4.78 is 21.2. The first-order chi connectivity index (χ1) is 20.3. The van der Waals surface area contributed by atoms with Crippen molar-refractivity contribution in [2.45, 2.75) is 90.6 Å². The molecule has 2 saturated heterocycles. The molecule has 4 heterocycles. The van der Waals surface area contributed by atoms with Crippen molar-refractivity contribution in [1.82, 2.24) is 29.7 Å². The van der Waals surface area contributed by atoms with Crippen molar-refractivity contribution in [3.63, 3.8) is 0 Å². The summed E-state index contributed by atoms with van der Waals surface area (Å²) in [4.78, 5) is 27.8.